The molecule has 0 aliphatic carbocycles. The monoisotopic (exact) mass is 308 g/mol. The fourth-order valence-corrected chi connectivity index (χ4v) is 2.74. The maximum atomic E-state index is 12.1. The zero-order valence-corrected chi connectivity index (χ0v) is 13.5. The summed E-state index contributed by atoms with van der Waals surface area (Å²) in [5, 5.41) is 0.972. The van der Waals surface area contributed by atoms with E-state index in [-0.39, 0.29) is 5.63 Å². The van der Waals surface area contributed by atoms with Crippen molar-refractivity contribution in [2.45, 2.75) is 33.3 Å². The first kappa shape index (κ1) is 15.3. The van der Waals surface area contributed by atoms with Crippen molar-refractivity contribution in [3.8, 4) is 5.75 Å². The molecule has 118 valence electrons. The highest BCUT2D eigenvalue weighted by Gasteiger charge is 2.11. The van der Waals surface area contributed by atoms with Gasteiger partial charge in [-0.1, -0.05) is 43.7 Å². The van der Waals surface area contributed by atoms with Crippen LogP contribution in [0.15, 0.2) is 57.7 Å². The van der Waals surface area contributed by atoms with Crippen molar-refractivity contribution in [1.29, 1.82) is 0 Å². The lowest BCUT2D eigenvalue weighted by Crippen LogP contribution is -2.10. The fourth-order valence-electron chi connectivity index (χ4n) is 2.74. The van der Waals surface area contributed by atoms with Crippen molar-refractivity contribution in [1.82, 2.24) is 0 Å². The lowest BCUT2D eigenvalue weighted by molar-refractivity contribution is 0.306. The standard InChI is InChI=1S/C20H20O3/c1-3-7-18-14(2)17-11-10-16(12-19(17)23-20(18)21)22-13-15-8-5-4-6-9-15/h4-6,8-12H,3,7,13H2,1-2H3. The molecule has 0 fully saturated rings. The van der Waals surface area contributed by atoms with Gasteiger partial charge < -0.3 is 9.15 Å². The Morgan fingerprint density at radius 3 is 2.61 bits per heavy atom. The summed E-state index contributed by atoms with van der Waals surface area (Å²) < 4.78 is 11.3. The van der Waals surface area contributed by atoms with Crippen LogP contribution in [0.1, 0.15) is 30.0 Å². The minimum atomic E-state index is -0.239. The van der Waals surface area contributed by atoms with Crippen molar-refractivity contribution in [3.05, 3.63) is 75.6 Å². The highest BCUT2D eigenvalue weighted by molar-refractivity contribution is 5.82. The molecular weight excluding hydrogens is 288 g/mol. The second-order valence-electron chi connectivity index (χ2n) is 5.68. The predicted molar refractivity (Wildman–Crippen MR) is 92.0 cm³/mol. The van der Waals surface area contributed by atoms with Crippen molar-refractivity contribution in [2.24, 2.45) is 0 Å². The third-order valence-corrected chi connectivity index (χ3v) is 4.01. The van der Waals surface area contributed by atoms with E-state index in [1.54, 1.807) is 6.07 Å². The summed E-state index contributed by atoms with van der Waals surface area (Å²) in [5.74, 6) is 0.701. The molecule has 0 saturated carbocycles. The van der Waals surface area contributed by atoms with Crippen molar-refractivity contribution in [2.75, 3.05) is 0 Å². The van der Waals surface area contributed by atoms with Crippen LogP contribution in [0.25, 0.3) is 11.0 Å². The Morgan fingerprint density at radius 1 is 1.09 bits per heavy atom. The van der Waals surface area contributed by atoms with Gasteiger partial charge in [0.15, 0.2) is 0 Å². The van der Waals surface area contributed by atoms with Gasteiger partial charge in [-0.2, -0.15) is 0 Å². The lowest BCUT2D eigenvalue weighted by atomic mass is 10.0. The molecule has 0 amide bonds. The van der Waals surface area contributed by atoms with E-state index in [9.17, 15) is 4.79 Å². The molecule has 3 rings (SSSR count). The molecule has 0 atom stereocenters. The number of aryl methyl sites for hydroxylation is 1. The van der Waals surface area contributed by atoms with Crippen LogP contribution in [0, 0.1) is 6.92 Å². The highest BCUT2D eigenvalue weighted by Crippen LogP contribution is 2.25. The summed E-state index contributed by atoms with van der Waals surface area (Å²) in [6.07, 6.45) is 1.67. The molecule has 3 aromatic rings. The van der Waals surface area contributed by atoms with E-state index in [0.29, 0.717) is 17.9 Å². The minimum Gasteiger partial charge on any atom is -0.489 e. The highest BCUT2D eigenvalue weighted by atomic mass is 16.5. The second kappa shape index (κ2) is 6.69. The lowest BCUT2D eigenvalue weighted by Gasteiger charge is -2.10. The van der Waals surface area contributed by atoms with E-state index >= 15 is 0 Å². The van der Waals surface area contributed by atoms with Gasteiger partial charge in [0.05, 0.1) is 0 Å². The summed E-state index contributed by atoms with van der Waals surface area (Å²) in [7, 11) is 0. The van der Waals surface area contributed by atoms with Crippen LogP contribution >= 0.6 is 0 Å². The van der Waals surface area contributed by atoms with Gasteiger partial charge in [-0.3, -0.25) is 0 Å². The predicted octanol–water partition coefficient (Wildman–Crippen LogP) is 4.63. The maximum absolute atomic E-state index is 12.1. The average molecular weight is 308 g/mol. The van der Waals surface area contributed by atoms with E-state index in [2.05, 4.69) is 6.92 Å². The molecule has 3 heteroatoms. The van der Waals surface area contributed by atoms with Crippen molar-refractivity contribution < 1.29 is 9.15 Å². The Hall–Kier alpha value is -2.55. The number of benzene rings is 2. The Balaban J connectivity index is 1.90. The number of ether oxygens (including phenoxy) is 1. The van der Waals surface area contributed by atoms with Gasteiger partial charge in [0, 0.05) is 17.0 Å². The first-order valence-electron chi connectivity index (χ1n) is 7.92. The molecule has 0 radical (unpaired) electrons. The summed E-state index contributed by atoms with van der Waals surface area (Å²) in [5.41, 5.74) is 3.23. The van der Waals surface area contributed by atoms with Crippen LogP contribution in [0.3, 0.4) is 0 Å². The van der Waals surface area contributed by atoms with E-state index < -0.39 is 0 Å². The SMILES string of the molecule is CCCc1c(C)c2ccc(OCc3ccccc3)cc2oc1=O. The molecule has 23 heavy (non-hydrogen) atoms. The third-order valence-electron chi connectivity index (χ3n) is 4.01. The van der Waals surface area contributed by atoms with Crippen LogP contribution in [-0.4, -0.2) is 0 Å². The van der Waals surface area contributed by atoms with Crippen LogP contribution in [0.2, 0.25) is 0 Å². The molecule has 3 nitrogen and oxygen atoms in total. The average Bonchev–Trinajstić information content (AvgIpc) is 2.57. The fraction of sp³-hybridized carbons (Fsp3) is 0.250. The van der Waals surface area contributed by atoms with E-state index in [1.165, 1.54) is 0 Å². The molecule has 0 bridgehead atoms. The van der Waals surface area contributed by atoms with Crippen LogP contribution in [0.5, 0.6) is 5.75 Å². The van der Waals surface area contributed by atoms with Gasteiger partial charge in [0.2, 0.25) is 0 Å². The molecule has 0 saturated heterocycles. The topological polar surface area (TPSA) is 39.4 Å². The second-order valence-corrected chi connectivity index (χ2v) is 5.68. The maximum Gasteiger partial charge on any atom is 0.339 e. The molecule has 0 aliphatic heterocycles. The van der Waals surface area contributed by atoms with Gasteiger partial charge in [0.1, 0.15) is 17.9 Å². The molecule has 0 N–H and O–H groups in total. The first-order chi connectivity index (χ1) is 11.2. The van der Waals surface area contributed by atoms with E-state index in [0.717, 1.165) is 34.9 Å². The van der Waals surface area contributed by atoms with Crippen LogP contribution in [0.4, 0.5) is 0 Å². The Kier molecular flexibility index (Phi) is 4.47. The van der Waals surface area contributed by atoms with Gasteiger partial charge in [-0.15, -0.1) is 0 Å². The van der Waals surface area contributed by atoms with Crippen LogP contribution in [-0.2, 0) is 13.0 Å². The first-order valence-corrected chi connectivity index (χ1v) is 7.92. The molecule has 1 aromatic heterocycles. The molecule has 0 aliphatic rings. The summed E-state index contributed by atoms with van der Waals surface area (Å²) in [6.45, 7) is 4.53. The quantitative estimate of drug-likeness (QED) is 0.645. The zero-order chi connectivity index (χ0) is 16.2. The van der Waals surface area contributed by atoms with Crippen molar-refractivity contribution >= 4 is 11.0 Å². The molecule has 1 heterocycles. The van der Waals surface area contributed by atoms with Crippen LogP contribution < -0.4 is 10.4 Å². The number of fused-ring (bicyclic) bond motifs is 1. The molecule has 0 spiro atoms. The molecule has 2 aromatic carbocycles. The summed E-state index contributed by atoms with van der Waals surface area (Å²) in [4.78, 5) is 12.1. The molecule has 0 unspecified atom stereocenters. The summed E-state index contributed by atoms with van der Waals surface area (Å²) >= 11 is 0. The minimum absolute atomic E-state index is 0.239. The number of hydrogen-bond donors (Lipinski definition) is 0. The van der Waals surface area contributed by atoms with Gasteiger partial charge in [-0.25, -0.2) is 4.79 Å². The van der Waals surface area contributed by atoms with E-state index in [1.807, 2.05) is 49.4 Å². The normalized spacial score (nSPS) is 10.9. The van der Waals surface area contributed by atoms with Gasteiger partial charge >= 0.3 is 5.63 Å². The molecular formula is C20H20O3. The van der Waals surface area contributed by atoms with Crippen molar-refractivity contribution in [3.63, 3.8) is 0 Å². The number of hydrogen-bond acceptors (Lipinski definition) is 3. The van der Waals surface area contributed by atoms with E-state index in [4.69, 9.17) is 9.15 Å². The largest absolute Gasteiger partial charge is 0.489 e. The Bertz CT molecular complexity index is 863. The summed E-state index contributed by atoms with van der Waals surface area (Å²) in [6, 6.07) is 15.7. The van der Waals surface area contributed by atoms with Gasteiger partial charge in [0.25, 0.3) is 0 Å². The van der Waals surface area contributed by atoms with Gasteiger partial charge in [-0.05, 0) is 36.6 Å². The Morgan fingerprint density at radius 2 is 1.87 bits per heavy atom. The smallest absolute Gasteiger partial charge is 0.339 e. The zero-order valence-electron chi connectivity index (χ0n) is 13.5. The Labute approximate surface area is 135 Å². The third kappa shape index (κ3) is 3.29. The number of rotatable bonds is 5.